The Kier molecular flexibility index (Phi) is 6.91. The van der Waals surface area contributed by atoms with Crippen molar-refractivity contribution in [2.45, 2.75) is 43.3 Å². The Hall–Kier alpha value is -3.31. The molecule has 4 rings (SSSR count). The van der Waals surface area contributed by atoms with Crippen LogP contribution in [0, 0.1) is 5.92 Å². The fourth-order valence-electron chi connectivity index (χ4n) is 4.57. The normalized spacial score (nSPS) is 24.5. The summed E-state index contributed by atoms with van der Waals surface area (Å²) in [5.74, 6) is -2.80. The highest BCUT2D eigenvalue weighted by molar-refractivity contribution is 7.99. The van der Waals surface area contributed by atoms with E-state index in [1.807, 2.05) is 0 Å². The average Bonchev–Trinajstić information content (AvgIpc) is 3.29. The summed E-state index contributed by atoms with van der Waals surface area (Å²) < 4.78 is 5.88. The molecule has 188 valence electrons. The van der Waals surface area contributed by atoms with Gasteiger partial charge in [-0.05, 0) is 30.5 Å². The number of phenols is 4. The molecular formula is C24H27NO9S. The van der Waals surface area contributed by atoms with Crippen LogP contribution in [-0.2, 0) is 9.59 Å². The first-order valence-corrected chi connectivity index (χ1v) is 12.2. The van der Waals surface area contributed by atoms with Crippen LogP contribution in [0.5, 0.6) is 28.7 Å². The van der Waals surface area contributed by atoms with Crippen molar-refractivity contribution in [3.63, 3.8) is 0 Å². The van der Waals surface area contributed by atoms with E-state index in [-0.39, 0.29) is 40.2 Å². The SMILES string of the molecule is C[C@H](CS[C@H]1c2c(O)cc(O)cc2O[C@H](c2ccc(O)c(O)c2)[C@@H]1O)C(=O)N1CCC[C@H]1C(=O)O. The number of aliphatic hydroxyl groups excluding tert-OH is 1. The van der Waals surface area contributed by atoms with Crippen molar-refractivity contribution in [3.05, 3.63) is 41.5 Å². The van der Waals surface area contributed by atoms with Gasteiger partial charge in [-0.3, -0.25) is 4.79 Å². The average molecular weight is 506 g/mol. The van der Waals surface area contributed by atoms with E-state index in [1.54, 1.807) is 6.92 Å². The number of carbonyl (C=O) groups is 2. The van der Waals surface area contributed by atoms with Gasteiger partial charge in [-0.15, -0.1) is 11.8 Å². The molecule has 2 heterocycles. The molecular weight excluding hydrogens is 478 g/mol. The third-order valence-electron chi connectivity index (χ3n) is 6.36. The summed E-state index contributed by atoms with van der Waals surface area (Å²) in [7, 11) is 0. The van der Waals surface area contributed by atoms with Crippen LogP contribution >= 0.6 is 11.8 Å². The minimum Gasteiger partial charge on any atom is -0.508 e. The Labute approximate surface area is 205 Å². The molecule has 1 fully saturated rings. The van der Waals surface area contributed by atoms with Gasteiger partial charge in [-0.2, -0.15) is 0 Å². The van der Waals surface area contributed by atoms with Crippen molar-refractivity contribution in [2.75, 3.05) is 12.3 Å². The lowest BCUT2D eigenvalue weighted by atomic mass is 9.93. The molecule has 0 spiro atoms. The van der Waals surface area contributed by atoms with Crippen molar-refractivity contribution < 1.29 is 45.0 Å². The Morgan fingerprint density at radius 3 is 2.54 bits per heavy atom. The number of likely N-dealkylation sites (tertiary alicyclic amines) is 1. The second kappa shape index (κ2) is 9.74. The molecule has 2 aliphatic rings. The molecule has 0 radical (unpaired) electrons. The number of fused-ring (bicyclic) bond motifs is 1. The first-order chi connectivity index (χ1) is 16.6. The number of hydrogen-bond acceptors (Lipinski definition) is 9. The van der Waals surface area contributed by atoms with Gasteiger partial charge >= 0.3 is 5.97 Å². The number of amides is 1. The summed E-state index contributed by atoms with van der Waals surface area (Å²) in [4.78, 5) is 25.8. The van der Waals surface area contributed by atoms with Gasteiger partial charge in [0.05, 0.1) is 10.8 Å². The fourth-order valence-corrected chi connectivity index (χ4v) is 5.95. The second-order valence-electron chi connectivity index (χ2n) is 8.84. The molecule has 2 aromatic rings. The molecule has 1 saturated heterocycles. The summed E-state index contributed by atoms with van der Waals surface area (Å²) in [6, 6.07) is 5.58. The quantitative estimate of drug-likeness (QED) is 0.321. The number of benzene rings is 2. The first kappa shape index (κ1) is 24.8. The van der Waals surface area contributed by atoms with Crippen LogP contribution in [0.3, 0.4) is 0 Å². The van der Waals surface area contributed by atoms with Gasteiger partial charge in [-0.1, -0.05) is 13.0 Å². The number of aromatic hydroxyl groups is 4. The van der Waals surface area contributed by atoms with E-state index in [1.165, 1.54) is 40.9 Å². The number of carbonyl (C=O) groups excluding carboxylic acids is 1. The van der Waals surface area contributed by atoms with Crippen molar-refractivity contribution in [3.8, 4) is 28.7 Å². The third kappa shape index (κ3) is 4.78. The number of carboxylic acids is 1. The van der Waals surface area contributed by atoms with Crippen LogP contribution in [0.4, 0.5) is 0 Å². The molecule has 2 aliphatic heterocycles. The van der Waals surface area contributed by atoms with Gasteiger partial charge in [0.25, 0.3) is 0 Å². The molecule has 35 heavy (non-hydrogen) atoms. The highest BCUT2D eigenvalue weighted by Crippen LogP contribution is 2.52. The monoisotopic (exact) mass is 505 g/mol. The topological polar surface area (TPSA) is 168 Å². The Balaban J connectivity index is 1.59. The zero-order valence-electron chi connectivity index (χ0n) is 18.9. The molecule has 1 amide bonds. The van der Waals surface area contributed by atoms with E-state index < -0.39 is 41.1 Å². The van der Waals surface area contributed by atoms with Crippen LogP contribution in [0.25, 0.3) is 0 Å². The highest BCUT2D eigenvalue weighted by atomic mass is 32.2. The maximum Gasteiger partial charge on any atom is 0.326 e. The number of phenolic OH excluding ortho intramolecular Hbond substituents is 4. The minimum atomic E-state index is -1.23. The third-order valence-corrected chi connectivity index (χ3v) is 7.93. The first-order valence-electron chi connectivity index (χ1n) is 11.2. The lowest BCUT2D eigenvalue weighted by Crippen LogP contribution is -2.43. The predicted molar refractivity (Wildman–Crippen MR) is 126 cm³/mol. The summed E-state index contributed by atoms with van der Waals surface area (Å²) >= 11 is 1.20. The second-order valence-corrected chi connectivity index (χ2v) is 10.0. The predicted octanol–water partition coefficient (Wildman–Crippen LogP) is 2.49. The van der Waals surface area contributed by atoms with Crippen molar-refractivity contribution in [2.24, 2.45) is 5.92 Å². The van der Waals surface area contributed by atoms with E-state index in [0.29, 0.717) is 24.9 Å². The van der Waals surface area contributed by atoms with Crippen LogP contribution in [0.15, 0.2) is 30.3 Å². The number of thioether (sulfide) groups is 1. The number of carboxylic acid groups (broad SMARTS) is 1. The molecule has 0 unspecified atom stereocenters. The number of rotatable bonds is 6. The molecule has 2 aromatic carbocycles. The fraction of sp³-hybridized carbons (Fsp3) is 0.417. The van der Waals surface area contributed by atoms with E-state index in [4.69, 9.17) is 4.74 Å². The number of nitrogens with zero attached hydrogens (tertiary/aromatic N) is 1. The van der Waals surface area contributed by atoms with Gasteiger partial charge in [-0.25, -0.2) is 4.79 Å². The molecule has 5 atom stereocenters. The number of aliphatic carboxylic acids is 1. The highest BCUT2D eigenvalue weighted by Gasteiger charge is 2.42. The van der Waals surface area contributed by atoms with E-state index in [2.05, 4.69) is 0 Å². The largest absolute Gasteiger partial charge is 0.508 e. The van der Waals surface area contributed by atoms with E-state index in [9.17, 15) is 40.2 Å². The van der Waals surface area contributed by atoms with Gasteiger partial charge in [0.1, 0.15) is 29.4 Å². The molecule has 11 heteroatoms. The zero-order valence-corrected chi connectivity index (χ0v) is 19.7. The minimum absolute atomic E-state index is 0.132. The van der Waals surface area contributed by atoms with Crippen molar-refractivity contribution in [1.29, 1.82) is 0 Å². The molecule has 10 nitrogen and oxygen atoms in total. The number of aliphatic hydroxyl groups is 1. The van der Waals surface area contributed by atoms with Crippen molar-refractivity contribution >= 4 is 23.6 Å². The molecule has 0 aliphatic carbocycles. The summed E-state index contributed by atoms with van der Waals surface area (Å²) in [6.07, 6.45) is -1.21. The van der Waals surface area contributed by atoms with Gasteiger partial charge in [0.15, 0.2) is 17.6 Å². The smallest absolute Gasteiger partial charge is 0.326 e. The molecule has 0 aromatic heterocycles. The zero-order chi connectivity index (χ0) is 25.4. The molecule has 0 bridgehead atoms. The van der Waals surface area contributed by atoms with Crippen LogP contribution in [-0.4, -0.2) is 71.9 Å². The summed E-state index contributed by atoms with van der Waals surface area (Å²) in [6.45, 7) is 2.06. The van der Waals surface area contributed by atoms with Gasteiger partial charge in [0.2, 0.25) is 5.91 Å². The lowest BCUT2D eigenvalue weighted by molar-refractivity contribution is -0.149. The van der Waals surface area contributed by atoms with E-state index in [0.717, 1.165) is 6.07 Å². The van der Waals surface area contributed by atoms with Gasteiger partial charge < -0.3 is 40.3 Å². The summed E-state index contributed by atoms with van der Waals surface area (Å²) in [5, 5.41) is 59.9. The van der Waals surface area contributed by atoms with Gasteiger partial charge in [0, 0.05) is 30.3 Å². The summed E-state index contributed by atoms with van der Waals surface area (Å²) in [5.41, 5.74) is 0.612. The van der Waals surface area contributed by atoms with Crippen LogP contribution < -0.4 is 4.74 Å². The Morgan fingerprint density at radius 2 is 1.86 bits per heavy atom. The molecule has 0 saturated carbocycles. The number of ether oxygens (including phenoxy) is 1. The maximum atomic E-state index is 13.0. The Morgan fingerprint density at radius 1 is 1.11 bits per heavy atom. The molecule has 6 N–H and O–H groups in total. The number of hydrogen-bond donors (Lipinski definition) is 6. The standard InChI is InChI=1S/C24H27NO9S/c1-11(23(31)25-6-2-3-14(25)24(32)33)10-35-22-19-17(29)8-13(26)9-18(19)34-21(20(22)30)12-4-5-15(27)16(28)7-12/h4-5,7-9,11,14,20-22,26-30H,2-3,6,10H2,1H3,(H,32,33)/t11-,14+,20+,21-,22+/m1/s1. The van der Waals surface area contributed by atoms with Crippen LogP contribution in [0.1, 0.15) is 42.2 Å². The van der Waals surface area contributed by atoms with Crippen molar-refractivity contribution in [1.82, 2.24) is 4.90 Å². The van der Waals surface area contributed by atoms with Crippen LogP contribution in [0.2, 0.25) is 0 Å². The Bertz CT molecular complexity index is 1140. The van der Waals surface area contributed by atoms with E-state index >= 15 is 0 Å². The maximum absolute atomic E-state index is 13.0. The lowest BCUT2D eigenvalue weighted by Gasteiger charge is -2.37.